The summed E-state index contributed by atoms with van der Waals surface area (Å²) in [6.07, 6.45) is 1.38. The molecule has 0 aromatic heterocycles. The number of rotatable bonds is 10. The van der Waals surface area contributed by atoms with Gasteiger partial charge in [-0.15, -0.1) is 0 Å². The van der Waals surface area contributed by atoms with Crippen molar-refractivity contribution >= 4 is 39.4 Å². The minimum atomic E-state index is -4.05. The third kappa shape index (κ3) is 6.27. The second-order valence-corrected chi connectivity index (χ2v) is 9.85. The molecule has 0 bridgehead atoms. The number of nitrogens with zero attached hydrogens (tertiary/aromatic N) is 2. The Labute approximate surface area is 215 Å². The van der Waals surface area contributed by atoms with Gasteiger partial charge < -0.3 is 14.2 Å². The second kappa shape index (κ2) is 11.8. The first kappa shape index (κ1) is 26.8. The van der Waals surface area contributed by atoms with Crippen LogP contribution in [0, 0.1) is 6.92 Å². The second-order valence-electron chi connectivity index (χ2n) is 7.55. The topological polar surface area (TPSA) is 107 Å². The van der Waals surface area contributed by atoms with Crippen LogP contribution in [0.1, 0.15) is 11.1 Å². The SMILES string of the molecule is COc1cc(/C=N\NC(=O)CN(c2ccc(Cl)cc2)S(=O)(=O)c2ccc(C)cc2)cc(OC)c1OC. The standard InChI is InChI=1S/C25H26ClN3O6S/c1-17-5-11-21(12-6-17)36(31,32)29(20-9-7-19(26)8-10-20)16-24(30)28-27-15-18-13-22(33-2)25(35-4)23(14-18)34-3/h5-15H,16H2,1-4H3,(H,28,30)/b27-15-. The zero-order chi connectivity index (χ0) is 26.3. The van der Waals surface area contributed by atoms with Crippen LogP contribution in [0.3, 0.4) is 0 Å². The van der Waals surface area contributed by atoms with Crippen molar-refractivity contribution in [2.45, 2.75) is 11.8 Å². The number of nitrogens with one attached hydrogen (secondary N) is 1. The molecule has 0 aliphatic rings. The molecule has 11 heteroatoms. The number of halogens is 1. The molecule has 1 N–H and O–H groups in total. The van der Waals surface area contributed by atoms with Gasteiger partial charge in [0.05, 0.1) is 38.1 Å². The summed E-state index contributed by atoms with van der Waals surface area (Å²) < 4.78 is 43.7. The largest absolute Gasteiger partial charge is 0.493 e. The first-order valence-electron chi connectivity index (χ1n) is 10.7. The van der Waals surface area contributed by atoms with Crippen LogP contribution in [0.2, 0.25) is 5.02 Å². The number of hydrazone groups is 1. The third-order valence-electron chi connectivity index (χ3n) is 5.10. The lowest BCUT2D eigenvalue weighted by molar-refractivity contribution is -0.119. The number of hydrogen-bond acceptors (Lipinski definition) is 7. The zero-order valence-electron chi connectivity index (χ0n) is 20.2. The Bertz CT molecular complexity index is 1320. The van der Waals surface area contributed by atoms with Gasteiger partial charge in [-0.2, -0.15) is 5.10 Å². The Morgan fingerprint density at radius 3 is 2.08 bits per heavy atom. The van der Waals surface area contributed by atoms with Crippen LogP contribution in [0.4, 0.5) is 5.69 Å². The molecule has 0 spiro atoms. The van der Waals surface area contributed by atoms with Gasteiger partial charge in [0.15, 0.2) is 11.5 Å². The molecule has 0 saturated carbocycles. The maximum Gasteiger partial charge on any atom is 0.264 e. The molecule has 0 unspecified atom stereocenters. The quantitative estimate of drug-likeness (QED) is 0.313. The van der Waals surface area contributed by atoms with Crippen molar-refractivity contribution in [1.29, 1.82) is 0 Å². The number of ether oxygens (including phenoxy) is 3. The van der Waals surface area contributed by atoms with Gasteiger partial charge in [-0.05, 0) is 55.5 Å². The molecule has 0 heterocycles. The van der Waals surface area contributed by atoms with E-state index >= 15 is 0 Å². The smallest absolute Gasteiger partial charge is 0.264 e. The minimum Gasteiger partial charge on any atom is -0.493 e. The van der Waals surface area contributed by atoms with Gasteiger partial charge in [0.25, 0.3) is 15.9 Å². The summed E-state index contributed by atoms with van der Waals surface area (Å²) in [5, 5.41) is 4.39. The average molecular weight is 532 g/mol. The van der Waals surface area contributed by atoms with Crippen LogP contribution in [-0.2, 0) is 14.8 Å². The van der Waals surface area contributed by atoms with E-state index in [2.05, 4.69) is 10.5 Å². The molecule has 0 fully saturated rings. The highest BCUT2D eigenvalue weighted by Crippen LogP contribution is 2.37. The van der Waals surface area contributed by atoms with E-state index in [1.165, 1.54) is 51.8 Å². The maximum atomic E-state index is 13.4. The zero-order valence-corrected chi connectivity index (χ0v) is 21.8. The molecule has 0 atom stereocenters. The van der Waals surface area contributed by atoms with Gasteiger partial charge in [0.2, 0.25) is 5.75 Å². The fourth-order valence-electron chi connectivity index (χ4n) is 3.28. The molecular weight excluding hydrogens is 506 g/mol. The van der Waals surface area contributed by atoms with E-state index < -0.39 is 22.5 Å². The van der Waals surface area contributed by atoms with Gasteiger partial charge in [0, 0.05) is 10.6 Å². The highest BCUT2D eigenvalue weighted by atomic mass is 35.5. The summed E-state index contributed by atoms with van der Waals surface area (Å²) >= 11 is 5.97. The van der Waals surface area contributed by atoms with E-state index in [4.69, 9.17) is 25.8 Å². The summed E-state index contributed by atoms with van der Waals surface area (Å²) in [6.45, 7) is 1.34. The summed E-state index contributed by atoms with van der Waals surface area (Å²) in [5.41, 5.74) is 4.12. The summed E-state index contributed by atoms with van der Waals surface area (Å²) in [5.74, 6) is 0.607. The summed E-state index contributed by atoms with van der Waals surface area (Å²) in [4.78, 5) is 12.8. The first-order chi connectivity index (χ1) is 17.2. The molecule has 3 aromatic rings. The van der Waals surface area contributed by atoms with Gasteiger partial charge in [0.1, 0.15) is 6.54 Å². The Hall–Kier alpha value is -3.76. The van der Waals surface area contributed by atoms with Crippen molar-refractivity contribution in [2.24, 2.45) is 5.10 Å². The Kier molecular flexibility index (Phi) is 8.78. The number of methoxy groups -OCH3 is 3. The van der Waals surface area contributed by atoms with E-state index in [1.54, 1.807) is 36.4 Å². The van der Waals surface area contributed by atoms with E-state index in [-0.39, 0.29) is 10.6 Å². The van der Waals surface area contributed by atoms with Crippen LogP contribution >= 0.6 is 11.6 Å². The first-order valence-corrected chi connectivity index (χ1v) is 12.5. The predicted octanol–water partition coefficient (Wildman–Crippen LogP) is 4.02. The van der Waals surface area contributed by atoms with Gasteiger partial charge >= 0.3 is 0 Å². The van der Waals surface area contributed by atoms with Gasteiger partial charge in [-0.1, -0.05) is 29.3 Å². The lowest BCUT2D eigenvalue weighted by Crippen LogP contribution is -2.39. The molecule has 0 aliphatic heterocycles. The van der Waals surface area contributed by atoms with Crippen molar-refractivity contribution in [2.75, 3.05) is 32.2 Å². The number of anilines is 1. The average Bonchev–Trinajstić information content (AvgIpc) is 2.87. The minimum absolute atomic E-state index is 0.0526. The van der Waals surface area contributed by atoms with Crippen molar-refractivity contribution in [1.82, 2.24) is 5.43 Å². The number of carbonyl (C=O) groups is 1. The molecule has 190 valence electrons. The van der Waals surface area contributed by atoms with Crippen LogP contribution in [0.25, 0.3) is 0 Å². The van der Waals surface area contributed by atoms with E-state index in [9.17, 15) is 13.2 Å². The predicted molar refractivity (Wildman–Crippen MR) is 139 cm³/mol. The molecule has 1 amide bonds. The number of hydrogen-bond donors (Lipinski definition) is 1. The number of carbonyl (C=O) groups excluding carboxylic acids is 1. The number of amides is 1. The van der Waals surface area contributed by atoms with Gasteiger partial charge in [-0.3, -0.25) is 9.10 Å². The molecule has 0 aliphatic carbocycles. The monoisotopic (exact) mass is 531 g/mol. The molecule has 3 rings (SSSR count). The van der Waals surface area contributed by atoms with E-state index in [0.29, 0.717) is 27.8 Å². The summed E-state index contributed by atoms with van der Waals surface area (Å²) in [6, 6.07) is 15.8. The number of benzene rings is 3. The number of sulfonamides is 1. The van der Waals surface area contributed by atoms with Crippen molar-refractivity contribution < 1.29 is 27.4 Å². The van der Waals surface area contributed by atoms with Crippen molar-refractivity contribution in [3.8, 4) is 17.2 Å². The highest BCUT2D eigenvalue weighted by molar-refractivity contribution is 7.92. The lowest BCUT2D eigenvalue weighted by Gasteiger charge is -2.23. The molecule has 36 heavy (non-hydrogen) atoms. The molecule has 3 aromatic carbocycles. The Morgan fingerprint density at radius 2 is 1.56 bits per heavy atom. The van der Waals surface area contributed by atoms with E-state index in [1.807, 2.05) is 6.92 Å². The van der Waals surface area contributed by atoms with Gasteiger partial charge in [-0.25, -0.2) is 13.8 Å². The fraction of sp³-hybridized carbons (Fsp3) is 0.200. The normalized spacial score (nSPS) is 11.2. The highest BCUT2D eigenvalue weighted by Gasteiger charge is 2.27. The van der Waals surface area contributed by atoms with Crippen LogP contribution in [-0.4, -0.2) is 48.4 Å². The maximum absolute atomic E-state index is 13.4. The Balaban J connectivity index is 1.84. The fourth-order valence-corrected chi connectivity index (χ4v) is 4.83. The lowest BCUT2D eigenvalue weighted by atomic mass is 10.2. The van der Waals surface area contributed by atoms with E-state index in [0.717, 1.165) is 9.87 Å². The summed E-state index contributed by atoms with van der Waals surface area (Å²) in [7, 11) is 0.412. The van der Waals surface area contributed by atoms with Crippen LogP contribution < -0.4 is 23.9 Å². The van der Waals surface area contributed by atoms with Crippen LogP contribution in [0.15, 0.2) is 70.7 Å². The van der Waals surface area contributed by atoms with Crippen molar-refractivity contribution in [3.63, 3.8) is 0 Å². The molecule has 0 radical (unpaired) electrons. The van der Waals surface area contributed by atoms with Crippen LogP contribution in [0.5, 0.6) is 17.2 Å². The molecule has 9 nitrogen and oxygen atoms in total. The number of aryl methyl sites for hydroxylation is 1. The van der Waals surface area contributed by atoms with Crippen molar-refractivity contribution in [3.05, 3.63) is 76.8 Å². The molecular formula is C25H26ClN3O6S. The molecule has 0 saturated heterocycles. The Morgan fingerprint density at radius 1 is 0.972 bits per heavy atom. The third-order valence-corrected chi connectivity index (χ3v) is 7.14.